The summed E-state index contributed by atoms with van der Waals surface area (Å²) in [6, 6.07) is 0. The van der Waals surface area contributed by atoms with Crippen molar-refractivity contribution >= 4 is 0 Å². The van der Waals surface area contributed by atoms with Crippen molar-refractivity contribution in [3.63, 3.8) is 0 Å². The lowest BCUT2D eigenvalue weighted by Gasteiger charge is -2.25. The van der Waals surface area contributed by atoms with Crippen LogP contribution in [0.5, 0.6) is 0 Å². The van der Waals surface area contributed by atoms with Crippen LogP contribution in [-0.4, -0.2) is 17.1 Å². The molecule has 3 heteroatoms. The van der Waals surface area contributed by atoms with E-state index in [0.717, 1.165) is 12.8 Å². The molecule has 66 valence electrons. The molecule has 11 heavy (non-hydrogen) atoms. The molecule has 0 aliphatic heterocycles. The highest BCUT2D eigenvalue weighted by Crippen LogP contribution is 2.39. The maximum atomic E-state index is 13.0. The molecule has 0 amide bonds. The molecule has 1 unspecified atom stereocenters. The minimum Gasteiger partial charge on any atom is -0.387 e. The number of hydrogen-bond acceptors (Lipinski definition) is 1. The van der Waals surface area contributed by atoms with Crippen molar-refractivity contribution in [1.82, 2.24) is 0 Å². The minimum atomic E-state index is -2.86. The number of hydrogen-bond donors (Lipinski definition) is 1. The fourth-order valence-electron chi connectivity index (χ4n) is 1.65. The third kappa shape index (κ3) is 1.70. The van der Waals surface area contributed by atoms with Crippen LogP contribution in [0, 0.1) is 5.92 Å². The Morgan fingerprint density at radius 2 is 1.82 bits per heavy atom. The van der Waals surface area contributed by atoms with Crippen molar-refractivity contribution in [2.24, 2.45) is 5.92 Å². The summed E-state index contributed by atoms with van der Waals surface area (Å²) < 4.78 is 26.0. The predicted molar refractivity (Wildman–Crippen MR) is 38.6 cm³/mol. The van der Waals surface area contributed by atoms with Crippen LogP contribution >= 0.6 is 0 Å². The van der Waals surface area contributed by atoms with Crippen LogP contribution in [0.15, 0.2) is 0 Å². The van der Waals surface area contributed by atoms with E-state index in [1.165, 1.54) is 6.92 Å². The summed E-state index contributed by atoms with van der Waals surface area (Å²) in [4.78, 5) is 0. The molecule has 1 rings (SSSR count). The summed E-state index contributed by atoms with van der Waals surface area (Å²) in [7, 11) is 0. The van der Waals surface area contributed by atoms with Crippen molar-refractivity contribution in [2.75, 3.05) is 0 Å². The Hall–Kier alpha value is -0.180. The molecule has 1 aliphatic carbocycles. The van der Waals surface area contributed by atoms with Crippen LogP contribution in [0.2, 0.25) is 0 Å². The molecule has 0 aromatic carbocycles. The van der Waals surface area contributed by atoms with Gasteiger partial charge in [0.2, 0.25) is 0 Å². The summed E-state index contributed by atoms with van der Waals surface area (Å²) in [6.07, 6.45) is 1.40. The van der Waals surface area contributed by atoms with Crippen molar-refractivity contribution in [3.8, 4) is 0 Å². The second-order valence-electron chi connectivity index (χ2n) is 3.33. The zero-order valence-electron chi connectivity index (χ0n) is 6.69. The van der Waals surface area contributed by atoms with Gasteiger partial charge in [-0.1, -0.05) is 12.8 Å². The molecule has 1 nitrogen and oxygen atoms in total. The van der Waals surface area contributed by atoms with Crippen molar-refractivity contribution < 1.29 is 13.9 Å². The number of halogens is 2. The van der Waals surface area contributed by atoms with Crippen LogP contribution in [0.3, 0.4) is 0 Å². The molecule has 1 fully saturated rings. The first kappa shape index (κ1) is 8.91. The Morgan fingerprint density at radius 1 is 1.36 bits per heavy atom. The van der Waals surface area contributed by atoms with Crippen molar-refractivity contribution in [3.05, 3.63) is 0 Å². The van der Waals surface area contributed by atoms with Crippen molar-refractivity contribution in [1.29, 1.82) is 0 Å². The van der Waals surface area contributed by atoms with E-state index in [0.29, 0.717) is 12.8 Å². The number of aliphatic hydroxyl groups excluding tert-OH is 1. The third-order valence-electron chi connectivity index (χ3n) is 2.46. The molecule has 0 radical (unpaired) electrons. The van der Waals surface area contributed by atoms with Gasteiger partial charge in [-0.25, -0.2) is 8.78 Å². The first-order chi connectivity index (χ1) is 5.05. The van der Waals surface area contributed by atoms with Gasteiger partial charge in [0, 0.05) is 5.92 Å². The summed E-state index contributed by atoms with van der Waals surface area (Å²) >= 11 is 0. The highest BCUT2D eigenvalue weighted by atomic mass is 19.3. The molecule has 0 aromatic rings. The second kappa shape index (κ2) is 3.05. The van der Waals surface area contributed by atoms with E-state index in [1.807, 2.05) is 0 Å². The Morgan fingerprint density at radius 3 is 2.18 bits per heavy atom. The van der Waals surface area contributed by atoms with E-state index in [9.17, 15) is 8.78 Å². The molecule has 1 N–H and O–H groups in total. The highest BCUT2D eigenvalue weighted by molar-refractivity contribution is 4.84. The Kier molecular flexibility index (Phi) is 2.47. The van der Waals surface area contributed by atoms with Crippen LogP contribution in [-0.2, 0) is 0 Å². The highest BCUT2D eigenvalue weighted by Gasteiger charge is 2.44. The lowest BCUT2D eigenvalue weighted by atomic mass is 9.96. The molecule has 0 heterocycles. The molecule has 0 saturated heterocycles. The molecule has 0 bridgehead atoms. The average Bonchev–Trinajstić information content (AvgIpc) is 2.37. The van der Waals surface area contributed by atoms with Gasteiger partial charge in [-0.05, 0) is 19.8 Å². The standard InChI is InChI=1S/C8H14F2O/c1-6(11)8(9,10)7-4-2-3-5-7/h6-7,11H,2-5H2,1H3. The zero-order valence-corrected chi connectivity index (χ0v) is 6.69. The van der Waals surface area contributed by atoms with E-state index < -0.39 is 17.9 Å². The molecule has 0 aromatic heterocycles. The van der Waals surface area contributed by atoms with Gasteiger partial charge in [0.25, 0.3) is 5.92 Å². The van der Waals surface area contributed by atoms with Crippen LogP contribution in [0.25, 0.3) is 0 Å². The normalized spacial score (nSPS) is 24.0. The minimum absolute atomic E-state index is 0.567. The molecule has 1 aliphatic rings. The number of alkyl halides is 2. The number of rotatable bonds is 2. The molecule has 1 atom stereocenters. The predicted octanol–water partition coefficient (Wildman–Crippen LogP) is 2.19. The summed E-state index contributed by atoms with van der Waals surface area (Å²) in [5.74, 6) is -3.45. The fraction of sp³-hybridized carbons (Fsp3) is 1.00. The Labute approximate surface area is 65.4 Å². The Balaban J connectivity index is 2.55. The number of aliphatic hydroxyl groups is 1. The summed E-state index contributed by atoms with van der Waals surface area (Å²) in [5.41, 5.74) is 0. The quantitative estimate of drug-likeness (QED) is 0.663. The zero-order chi connectivity index (χ0) is 8.48. The van der Waals surface area contributed by atoms with E-state index in [1.54, 1.807) is 0 Å². The maximum Gasteiger partial charge on any atom is 0.275 e. The topological polar surface area (TPSA) is 20.2 Å². The smallest absolute Gasteiger partial charge is 0.275 e. The molecule has 1 saturated carbocycles. The largest absolute Gasteiger partial charge is 0.387 e. The lowest BCUT2D eigenvalue weighted by Crippen LogP contribution is -2.37. The maximum absolute atomic E-state index is 13.0. The van der Waals surface area contributed by atoms with Gasteiger partial charge in [-0.3, -0.25) is 0 Å². The van der Waals surface area contributed by atoms with Crippen molar-refractivity contribution in [2.45, 2.75) is 44.6 Å². The van der Waals surface area contributed by atoms with Gasteiger partial charge in [0.15, 0.2) is 0 Å². The van der Waals surface area contributed by atoms with E-state index >= 15 is 0 Å². The SMILES string of the molecule is CC(O)C(F)(F)C1CCCC1. The lowest BCUT2D eigenvalue weighted by molar-refractivity contribution is -0.138. The van der Waals surface area contributed by atoms with Gasteiger partial charge in [0.05, 0.1) is 0 Å². The second-order valence-corrected chi connectivity index (χ2v) is 3.33. The van der Waals surface area contributed by atoms with Crippen LogP contribution < -0.4 is 0 Å². The fourth-order valence-corrected chi connectivity index (χ4v) is 1.65. The summed E-state index contributed by atoms with van der Waals surface area (Å²) in [6.45, 7) is 1.16. The van der Waals surface area contributed by atoms with Gasteiger partial charge >= 0.3 is 0 Å². The molecule has 0 spiro atoms. The van der Waals surface area contributed by atoms with Gasteiger partial charge in [-0.15, -0.1) is 0 Å². The van der Waals surface area contributed by atoms with E-state index in [-0.39, 0.29) is 0 Å². The Bertz CT molecular complexity index is 128. The first-order valence-electron chi connectivity index (χ1n) is 4.11. The van der Waals surface area contributed by atoms with Gasteiger partial charge in [-0.2, -0.15) is 0 Å². The third-order valence-corrected chi connectivity index (χ3v) is 2.46. The van der Waals surface area contributed by atoms with Gasteiger partial charge in [0.1, 0.15) is 6.10 Å². The molecular formula is C8H14F2O. The first-order valence-corrected chi connectivity index (χ1v) is 4.11. The monoisotopic (exact) mass is 164 g/mol. The van der Waals surface area contributed by atoms with Gasteiger partial charge < -0.3 is 5.11 Å². The van der Waals surface area contributed by atoms with Crippen LogP contribution in [0.1, 0.15) is 32.6 Å². The average molecular weight is 164 g/mol. The van der Waals surface area contributed by atoms with Crippen LogP contribution in [0.4, 0.5) is 8.78 Å². The molecular weight excluding hydrogens is 150 g/mol. The van der Waals surface area contributed by atoms with E-state index in [2.05, 4.69) is 0 Å². The summed E-state index contributed by atoms with van der Waals surface area (Å²) in [5, 5.41) is 8.79. The van der Waals surface area contributed by atoms with E-state index in [4.69, 9.17) is 5.11 Å².